The molecule has 0 fully saturated rings. The number of aryl methyl sites for hydroxylation is 1. The highest BCUT2D eigenvalue weighted by Crippen LogP contribution is 2.16. The van der Waals surface area contributed by atoms with E-state index in [1.165, 1.54) is 0 Å². The third kappa shape index (κ3) is 5.45. The normalized spacial score (nSPS) is 12.3. The molecule has 1 unspecified atom stereocenters. The highest BCUT2D eigenvalue weighted by molar-refractivity contribution is 5.69. The number of nitrogens with two attached hydrogens (primary N) is 1. The van der Waals surface area contributed by atoms with E-state index in [9.17, 15) is 4.79 Å². The van der Waals surface area contributed by atoms with Crippen LogP contribution >= 0.6 is 0 Å². The molecule has 0 saturated heterocycles. The van der Waals surface area contributed by atoms with Crippen LogP contribution in [0.3, 0.4) is 0 Å². The molecule has 0 aliphatic rings. The first-order chi connectivity index (χ1) is 8.24. The first kappa shape index (κ1) is 13.6. The van der Waals surface area contributed by atoms with Gasteiger partial charge in [0.25, 0.3) is 0 Å². The van der Waals surface area contributed by atoms with Crippen LogP contribution in [0.1, 0.15) is 31.2 Å². The second kappa shape index (κ2) is 7.79. The molecule has 17 heavy (non-hydrogen) atoms. The Balaban J connectivity index is 2.36. The van der Waals surface area contributed by atoms with Gasteiger partial charge in [0.1, 0.15) is 0 Å². The van der Waals surface area contributed by atoms with E-state index in [2.05, 4.69) is 4.98 Å². The lowest BCUT2D eigenvalue weighted by molar-refractivity contribution is -0.142. The summed E-state index contributed by atoms with van der Waals surface area (Å²) in [5.41, 5.74) is 6.50. The van der Waals surface area contributed by atoms with Crippen molar-refractivity contribution >= 4 is 5.97 Å². The van der Waals surface area contributed by atoms with Crippen molar-refractivity contribution in [3.8, 4) is 0 Å². The fourth-order valence-electron chi connectivity index (χ4n) is 1.81. The van der Waals surface area contributed by atoms with Crippen molar-refractivity contribution in [2.24, 2.45) is 11.7 Å². The smallest absolute Gasteiger partial charge is 0.306 e. The van der Waals surface area contributed by atoms with Crippen LogP contribution in [0.2, 0.25) is 0 Å². The Morgan fingerprint density at radius 3 is 2.82 bits per heavy atom. The average Bonchev–Trinajstić information content (AvgIpc) is 2.34. The number of pyridine rings is 1. The van der Waals surface area contributed by atoms with Gasteiger partial charge in [-0.25, -0.2) is 0 Å². The Bertz CT molecular complexity index is 327. The van der Waals surface area contributed by atoms with Crippen molar-refractivity contribution in [3.63, 3.8) is 0 Å². The second-order valence-corrected chi connectivity index (χ2v) is 4.22. The lowest BCUT2D eigenvalue weighted by Gasteiger charge is -2.11. The predicted octanol–water partition coefficient (Wildman–Crippen LogP) is 1.84. The molecule has 0 spiro atoms. The van der Waals surface area contributed by atoms with Gasteiger partial charge in [0, 0.05) is 12.4 Å². The van der Waals surface area contributed by atoms with Crippen LogP contribution in [0.15, 0.2) is 24.5 Å². The molecule has 1 rings (SSSR count). The van der Waals surface area contributed by atoms with E-state index < -0.39 is 5.97 Å². The number of carbonyl (C=O) groups is 1. The summed E-state index contributed by atoms with van der Waals surface area (Å²) in [4.78, 5) is 15.1. The SMILES string of the molecule is NCCCCC(CCc1cccnc1)C(=O)O. The van der Waals surface area contributed by atoms with Gasteiger partial charge in [-0.2, -0.15) is 0 Å². The highest BCUT2D eigenvalue weighted by atomic mass is 16.4. The van der Waals surface area contributed by atoms with E-state index in [0.29, 0.717) is 19.4 Å². The second-order valence-electron chi connectivity index (χ2n) is 4.22. The molecule has 94 valence electrons. The Labute approximate surface area is 102 Å². The van der Waals surface area contributed by atoms with Crippen molar-refractivity contribution in [1.29, 1.82) is 0 Å². The maximum absolute atomic E-state index is 11.1. The predicted molar refractivity (Wildman–Crippen MR) is 66.6 cm³/mol. The average molecular weight is 236 g/mol. The lowest BCUT2D eigenvalue weighted by atomic mass is 9.95. The van der Waals surface area contributed by atoms with Crippen molar-refractivity contribution in [2.45, 2.75) is 32.1 Å². The molecule has 0 radical (unpaired) electrons. The Hall–Kier alpha value is -1.42. The lowest BCUT2D eigenvalue weighted by Crippen LogP contribution is -2.15. The summed E-state index contributed by atoms with van der Waals surface area (Å²) in [5, 5.41) is 9.10. The molecular weight excluding hydrogens is 216 g/mol. The Kier molecular flexibility index (Phi) is 6.25. The number of rotatable bonds is 8. The topological polar surface area (TPSA) is 76.2 Å². The molecule has 1 atom stereocenters. The van der Waals surface area contributed by atoms with Gasteiger partial charge in [-0.3, -0.25) is 9.78 Å². The molecule has 0 bridgehead atoms. The van der Waals surface area contributed by atoms with Gasteiger partial charge < -0.3 is 10.8 Å². The van der Waals surface area contributed by atoms with Gasteiger partial charge in [0.15, 0.2) is 0 Å². The van der Waals surface area contributed by atoms with E-state index >= 15 is 0 Å². The van der Waals surface area contributed by atoms with E-state index in [-0.39, 0.29) is 5.92 Å². The zero-order chi connectivity index (χ0) is 12.5. The van der Waals surface area contributed by atoms with Crippen molar-refractivity contribution in [1.82, 2.24) is 4.98 Å². The van der Waals surface area contributed by atoms with Gasteiger partial charge in [-0.15, -0.1) is 0 Å². The molecule has 4 heteroatoms. The van der Waals surface area contributed by atoms with Gasteiger partial charge in [-0.1, -0.05) is 12.5 Å². The minimum Gasteiger partial charge on any atom is -0.481 e. The number of hydrogen-bond donors (Lipinski definition) is 2. The number of aliphatic carboxylic acids is 1. The number of unbranched alkanes of at least 4 members (excludes halogenated alkanes) is 1. The number of aromatic nitrogens is 1. The largest absolute Gasteiger partial charge is 0.481 e. The van der Waals surface area contributed by atoms with Crippen molar-refractivity contribution in [2.75, 3.05) is 6.54 Å². The number of nitrogens with zero attached hydrogens (tertiary/aromatic N) is 1. The summed E-state index contributed by atoms with van der Waals surface area (Å²) in [5.74, 6) is -0.965. The summed E-state index contributed by atoms with van der Waals surface area (Å²) < 4.78 is 0. The maximum Gasteiger partial charge on any atom is 0.306 e. The first-order valence-corrected chi connectivity index (χ1v) is 6.06. The summed E-state index contributed by atoms with van der Waals surface area (Å²) >= 11 is 0. The van der Waals surface area contributed by atoms with Gasteiger partial charge in [0.05, 0.1) is 5.92 Å². The van der Waals surface area contributed by atoms with Crippen LogP contribution < -0.4 is 5.73 Å². The quantitative estimate of drug-likeness (QED) is 0.675. The fourth-order valence-corrected chi connectivity index (χ4v) is 1.81. The first-order valence-electron chi connectivity index (χ1n) is 6.06. The van der Waals surface area contributed by atoms with Crippen LogP contribution in [0.5, 0.6) is 0 Å². The molecule has 4 nitrogen and oxygen atoms in total. The molecule has 0 aromatic carbocycles. The van der Waals surface area contributed by atoms with Gasteiger partial charge in [0.2, 0.25) is 0 Å². The molecule has 1 heterocycles. The summed E-state index contributed by atoms with van der Waals surface area (Å²) in [6.07, 6.45) is 7.46. The van der Waals surface area contributed by atoms with Crippen LogP contribution in [0.25, 0.3) is 0 Å². The molecule has 0 aliphatic heterocycles. The zero-order valence-corrected chi connectivity index (χ0v) is 10.0. The van der Waals surface area contributed by atoms with Crippen molar-refractivity contribution < 1.29 is 9.90 Å². The molecule has 0 amide bonds. The molecule has 3 N–H and O–H groups in total. The van der Waals surface area contributed by atoms with E-state index in [1.54, 1.807) is 12.4 Å². The maximum atomic E-state index is 11.1. The summed E-state index contributed by atoms with van der Waals surface area (Å²) in [7, 11) is 0. The summed E-state index contributed by atoms with van der Waals surface area (Å²) in [6.45, 7) is 0.634. The van der Waals surface area contributed by atoms with Crippen LogP contribution in [-0.2, 0) is 11.2 Å². The van der Waals surface area contributed by atoms with Gasteiger partial charge in [-0.05, 0) is 43.9 Å². The van der Waals surface area contributed by atoms with Gasteiger partial charge >= 0.3 is 5.97 Å². The van der Waals surface area contributed by atoms with Crippen LogP contribution in [-0.4, -0.2) is 22.6 Å². The monoisotopic (exact) mass is 236 g/mol. The Morgan fingerprint density at radius 2 is 2.24 bits per heavy atom. The van der Waals surface area contributed by atoms with Crippen LogP contribution in [0.4, 0.5) is 0 Å². The standard InChI is InChI=1S/C13H20N2O2/c14-8-2-1-5-12(13(16)17)7-6-11-4-3-9-15-10-11/h3-4,9-10,12H,1-2,5-8,14H2,(H,16,17). The third-order valence-electron chi connectivity index (χ3n) is 2.86. The van der Waals surface area contributed by atoms with E-state index in [0.717, 1.165) is 24.8 Å². The number of carboxylic acid groups (broad SMARTS) is 1. The Morgan fingerprint density at radius 1 is 1.41 bits per heavy atom. The molecule has 0 saturated carbocycles. The van der Waals surface area contributed by atoms with Crippen molar-refractivity contribution in [3.05, 3.63) is 30.1 Å². The third-order valence-corrected chi connectivity index (χ3v) is 2.86. The number of carboxylic acids is 1. The van der Waals surface area contributed by atoms with E-state index in [1.807, 2.05) is 12.1 Å². The minimum atomic E-state index is -0.703. The summed E-state index contributed by atoms with van der Waals surface area (Å²) in [6, 6.07) is 3.85. The van der Waals surface area contributed by atoms with E-state index in [4.69, 9.17) is 10.8 Å². The highest BCUT2D eigenvalue weighted by Gasteiger charge is 2.16. The minimum absolute atomic E-state index is 0.262. The molecule has 1 aromatic rings. The zero-order valence-electron chi connectivity index (χ0n) is 10.0. The fraction of sp³-hybridized carbons (Fsp3) is 0.538. The van der Waals surface area contributed by atoms with Crippen LogP contribution in [0, 0.1) is 5.92 Å². The molecule has 1 aromatic heterocycles. The number of hydrogen-bond acceptors (Lipinski definition) is 3. The molecule has 0 aliphatic carbocycles. The molecular formula is C13H20N2O2.